The van der Waals surface area contributed by atoms with E-state index in [1.165, 1.54) is 0 Å². The van der Waals surface area contributed by atoms with Crippen molar-refractivity contribution in [3.8, 4) is 0 Å². The van der Waals surface area contributed by atoms with Crippen LogP contribution >= 0.6 is 47.5 Å². The van der Waals surface area contributed by atoms with Gasteiger partial charge in [0, 0.05) is 0 Å². The molecule has 0 rings (SSSR count). The van der Waals surface area contributed by atoms with Crippen LogP contribution in [0.25, 0.3) is 0 Å². The van der Waals surface area contributed by atoms with Crippen LogP contribution in [-0.4, -0.2) is 14.0 Å². The standard InChI is InChI=1S/3ClHO.ClO.H3N.Na/c4*1-2;;/h3*2H;;1H3;/q;;;-1;;+1. The molecule has 0 saturated carbocycles. The molecule has 64 valence electrons. The molecule has 0 unspecified atom stereocenters. The van der Waals surface area contributed by atoms with E-state index in [0.717, 1.165) is 0 Å². The molecule has 0 aromatic heterocycles. The third-order valence-electron chi connectivity index (χ3n) is 0. The van der Waals surface area contributed by atoms with Gasteiger partial charge in [0.25, 0.3) is 0 Å². The van der Waals surface area contributed by atoms with Gasteiger partial charge in [0.2, 0.25) is 0 Å². The van der Waals surface area contributed by atoms with E-state index in [2.05, 4.69) is 47.5 Å². The molecule has 10 heteroatoms. The summed E-state index contributed by atoms with van der Waals surface area (Å²) in [5.41, 5.74) is 0. The molecule has 5 nitrogen and oxygen atoms in total. The Hall–Kier alpha value is 1.96. The van der Waals surface area contributed by atoms with Gasteiger partial charge in [-0.05, 0) is 0 Å². The molecule has 0 aliphatic rings. The second-order valence-electron chi connectivity index (χ2n) is 0. The van der Waals surface area contributed by atoms with Crippen LogP contribution in [-0.2, 0) is 0 Å². The minimum Gasteiger partial charge on any atom is -0.769 e. The smallest absolute Gasteiger partial charge is 0.769 e. The summed E-state index contributed by atoms with van der Waals surface area (Å²) in [7, 11) is 0. The first kappa shape index (κ1) is 40.4. The Labute approximate surface area is 101 Å². The van der Waals surface area contributed by atoms with Crippen molar-refractivity contribution in [1.29, 1.82) is 0 Å². The van der Waals surface area contributed by atoms with Crippen LogP contribution in [0.4, 0.5) is 0 Å². The fourth-order valence-corrected chi connectivity index (χ4v) is 0. The summed E-state index contributed by atoms with van der Waals surface area (Å²) in [6.45, 7) is 0. The summed E-state index contributed by atoms with van der Waals surface area (Å²) in [5.74, 6) is 0. The fourth-order valence-electron chi connectivity index (χ4n) is 0. The zero-order chi connectivity index (χ0) is 8.00. The SMILES string of the molecule is N.OCl.OCl.OCl.[Na+].[O-]Cl. The Morgan fingerprint density at radius 1 is 0.700 bits per heavy atom. The maximum atomic E-state index is 7.72. The topological polar surface area (TPSA) is 119 Å². The molecule has 0 saturated heterocycles. The first-order valence-electron chi connectivity index (χ1n) is 0.661. The maximum absolute atomic E-state index is 7.72. The second-order valence-corrected chi connectivity index (χ2v) is 0. The van der Waals surface area contributed by atoms with Gasteiger partial charge in [0.1, 0.15) is 0 Å². The molecule has 0 bridgehead atoms. The first-order chi connectivity index (χ1) is 4.00. The van der Waals surface area contributed by atoms with E-state index in [0.29, 0.717) is 0 Å². The molecule has 6 N–H and O–H groups in total. The van der Waals surface area contributed by atoms with E-state index in [9.17, 15) is 0 Å². The van der Waals surface area contributed by atoms with Crippen molar-refractivity contribution < 1.29 is 48.2 Å². The predicted octanol–water partition coefficient (Wildman–Crippen LogP) is -2.94. The van der Waals surface area contributed by atoms with Crippen molar-refractivity contribution in [3.63, 3.8) is 0 Å². The summed E-state index contributed by atoms with van der Waals surface area (Å²) >= 11 is 14.3. The van der Waals surface area contributed by atoms with Crippen molar-refractivity contribution in [2.45, 2.75) is 0 Å². The molecule has 0 aliphatic heterocycles. The molecule has 0 heterocycles. The fraction of sp³-hybridized carbons (Fsp3) is 0. The monoisotopic (exact) mass is 247 g/mol. The van der Waals surface area contributed by atoms with Gasteiger partial charge in [-0.3, -0.25) is 14.0 Å². The summed E-state index contributed by atoms with van der Waals surface area (Å²) in [4.78, 5) is 0. The third kappa shape index (κ3) is 208. The first-order valence-corrected chi connectivity index (χ1v) is 1.98. The molecular formula is H6Cl4NNaO4. The molecule has 0 radical (unpaired) electrons. The van der Waals surface area contributed by atoms with Gasteiger partial charge < -0.3 is 10.8 Å². The predicted molar refractivity (Wildman–Crippen MR) is 35.1 cm³/mol. The number of hydrogen-bond donors (Lipinski definition) is 4. The van der Waals surface area contributed by atoms with Crippen LogP contribution in [0.2, 0.25) is 0 Å². The van der Waals surface area contributed by atoms with Gasteiger partial charge >= 0.3 is 29.6 Å². The van der Waals surface area contributed by atoms with Gasteiger partial charge in [-0.1, -0.05) is 0 Å². The van der Waals surface area contributed by atoms with Crippen LogP contribution < -0.4 is 40.4 Å². The molecule has 0 fully saturated rings. The minimum absolute atomic E-state index is 0. The average Bonchev–Trinajstić information content (AvgIpc) is 2.03. The van der Waals surface area contributed by atoms with Crippen molar-refractivity contribution in [2.75, 3.05) is 0 Å². The van der Waals surface area contributed by atoms with Crippen molar-refractivity contribution in [3.05, 3.63) is 0 Å². The number of hydrogen-bond acceptors (Lipinski definition) is 5. The molecule has 0 atom stereocenters. The van der Waals surface area contributed by atoms with Crippen LogP contribution in [0.3, 0.4) is 0 Å². The third-order valence-corrected chi connectivity index (χ3v) is 0. The van der Waals surface area contributed by atoms with Crippen LogP contribution in [0.15, 0.2) is 0 Å². The van der Waals surface area contributed by atoms with E-state index < -0.39 is 0 Å². The second kappa shape index (κ2) is 283. The molecular weight excluding hydrogens is 243 g/mol. The Morgan fingerprint density at radius 3 is 0.700 bits per heavy atom. The van der Waals surface area contributed by atoms with Gasteiger partial charge in [-0.15, -0.1) is 0 Å². The molecule has 10 heavy (non-hydrogen) atoms. The average molecular weight is 249 g/mol. The Morgan fingerprint density at radius 2 is 0.700 bits per heavy atom. The van der Waals surface area contributed by atoms with Gasteiger partial charge in [0.15, 0.2) is 0 Å². The summed E-state index contributed by atoms with van der Waals surface area (Å²) < 4.78 is 27.1. The largest absolute Gasteiger partial charge is 1.00 e. The van der Waals surface area contributed by atoms with E-state index in [1.807, 2.05) is 0 Å². The Bertz CT molecular complexity index is 17.2. The van der Waals surface area contributed by atoms with E-state index in [1.54, 1.807) is 0 Å². The van der Waals surface area contributed by atoms with E-state index in [-0.39, 0.29) is 35.7 Å². The Balaban J connectivity index is -0.00000000500. The van der Waals surface area contributed by atoms with Crippen molar-refractivity contribution in [2.24, 2.45) is 0 Å². The van der Waals surface area contributed by atoms with Crippen LogP contribution in [0.5, 0.6) is 0 Å². The van der Waals surface area contributed by atoms with Crippen LogP contribution in [0.1, 0.15) is 0 Å². The number of rotatable bonds is 0. The van der Waals surface area contributed by atoms with Gasteiger partial charge in [0.05, 0.1) is 35.6 Å². The van der Waals surface area contributed by atoms with Gasteiger partial charge in [-0.25, -0.2) is 11.9 Å². The summed E-state index contributed by atoms with van der Waals surface area (Å²) in [6, 6.07) is 0. The molecule has 0 aliphatic carbocycles. The van der Waals surface area contributed by atoms with Crippen LogP contribution in [0, 0.1) is 0 Å². The minimum atomic E-state index is 0. The molecule has 0 spiro atoms. The zero-order valence-corrected chi connectivity index (χ0v) is 9.99. The zero-order valence-electron chi connectivity index (χ0n) is 4.97. The van der Waals surface area contributed by atoms with Gasteiger partial charge in [-0.2, -0.15) is 0 Å². The maximum Gasteiger partial charge on any atom is 1.00 e. The quantitative estimate of drug-likeness (QED) is 0.342. The van der Waals surface area contributed by atoms with Crippen molar-refractivity contribution >= 4 is 47.5 Å². The molecule has 0 amide bonds. The normalized spacial score (nSPS) is 2.40. The summed E-state index contributed by atoms with van der Waals surface area (Å²) in [6.07, 6.45) is 0. The molecule has 0 aromatic rings. The number of halogens is 4. The van der Waals surface area contributed by atoms with Crippen molar-refractivity contribution in [1.82, 2.24) is 6.15 Å². The Kier molecular flexibility index (Phi) is 1140. The van der Waals surface area contributed by atoms with E-state index >= 15 is 0 Å². The molecule has 0 aromatic carbocycles. The summed E-state index contributed by atoms with van der Waals surface area (Å²) in [5, 5.41) is 0. The van der Waals surface area contributed by atoms with E-state index in [4.69, 9.17) is 18.6 Å².